The molecule has 4 nitrogen and oxygen atoms in total. The highest BCUT2D eigenvalue weighted by atomic mass is 29.6. The molecule has 0 aromatic heterocycles. The van der Waals surface area contributed by atoms with Crippen molar-refractivity contribution >= 4 is 54.9 Å². The van der Waals surface area contributed by atoms with Gasteiger partial charge in [-0.1, -0.05) is 189 Å². The summed E-state index contributed by atoms with van der Waals surface area (Å²) in [5.41, 5.74) is 5.76. The van der Waals surface area contributed by atoms with E-state index in [1.54, 1.807) is 20.7 Å². The zero-order valence-electron chi connectivity index (χ0n) is 34.1. The van der Waals surface area contributed by atoms with Gasteiger partial charge in [0.15, 0.2) is 0 Å². The summed E-state index contributed by atoms with van der Waals surface area (Å²) in [4.78, 5) is 9.40. The van der Waals surface area contributed by atoms with Crippen LogP contribution in [0.1, 0.15) is 22.3 Å². The zero-order chi connectivity index (χ0) is 39.0. The van der Waals surface area contributed by atoms with E-state index in [0.29, 0.717) is 0 Å². The Hall–Kier alpha value is -4.19. The quantitative estimate of drug-likeness (QED) is 0.136. The van der Waals surface area contributed by atoms with Crippen LogP contribution in [0.25, 0.3) is 0 Å². The van der Waals surface area contributed by atoms with Crippen LogP contribution in [0.4, 0.5) is 0 Å². The third kappa shape index (κ3) is 9.11. The molecule has 0 saturated carbocycles. The first kappa shape index (κ1) is 40.5. The maximum absolute atomic E-state index is 2.97. The van der Waals surface area contributed by atoms with Crippen LogP contribution in [0.15, 0.2) is 158 Å². The number of hydrogen-bond acceptors (Lipinski definition) is 4. The van der Waals surface area contributed by atoms with Crippen molar-refractivity contribution in [3.05, 3.63) is 180 Å². The highest BCUT2D eigenvalue weighted by molar-refractivity contribution is 7.76. The molecule has 6 rings (SSSR count). The average Bonchev–Trinajstić information content (AvgIpc) is 3.16. The first-order valence-electron chi connectivity index (χ1n) is 19.4. The molecule has 0 fully saturated rings. The summed E-state index contributed by atoms with van der Waals surface area (Å²) < 4.78 is 0. The van der Waals surface area contributed by atoms with Gasteiger partial charge < -0.3 is 19.6 Å². The topological polar surface area (TPSA) is 13.0 Å². The summed E-state index contributed by atoms with van der Waals surface area (Å²) >= 11 is 0. The normalized spacial score (nSPS) is 12.2. The predicted molar refractivity (Wildman–Crippen MR) is 243 cm³/mol. The van der Waals surface area contributed by atoms with Crippen molar-refractivity contribution in [3.63, 3.8) is 0 Å². The second-order valence-electron chi connectivity index (χ2n) is 15.8. The van der Waals surface area contributed by atoms with Crippen LogP contribution in [0.3, 0.4) is 0 Å². The zero-order valence-corrected chi connectivity index (χ0v) is 37.1. The van der Waals surface area contributed by atoms with E-state index in [1.165, 1.54) is 32.6 Å². The maximum Gasteiger partial charge on any atom is 0.122 e. The van der Waals surface area contributed by atoms with Gasteiger partial charge in [0.2, 0.25) is 0 Å². The van der Waals surface area contributed by atoms with Gasteiger partial charge in [-0.15, -0.1) is 0 Å². The van der Waals surface area contributed by atoms with Gasteiger partial charge in [-0.2, -0.15) is 0 Å². The Kier molecular flexibility index (Phi) is 13.7. The Morgan fingerprint density at radius 3 is 0.764 bits per heavy atom. The summed E-state index contributed by atoms with van der Waals surface area (Å²) in [6.45, 7) is 3.57. The highest BCUT2D eigenvalue weighted by Crippen LogP contribution is 2.22. The second kappa shape index (κ2) is 18.6. The molecule has 6 aromatic carbocycles. The number of benzene rings is 6. The minimum Gasteiger partial charge on any atom is -0.305 e. The lowest BCUT2D eigenvalue weighted by molar-refractivity contribution is 0.403. The molecule has 0 unspecified atom stereocenters. The highest BCUT2D eigenvalue weighted by Gasteiger charge is 2.56. The lowest BCUT2D eigenvalue weighted by Gasteiger charge is -2.47. The van der Waals surface area contributed by atoms with Crippen molar-refractivity contribution < 1.29 is 0 Å². The summed E-state index contributed by atoms with van der Waals surface area (Å²) in [6, 6.07) is 61.7. The number of nitrogens with zero attached hydrogens (tertiary/aromatic N) is 4. The fourth-order valence-corrected chi connectivity index (χ4v) is 37.7. The van der Waals surface area contributed by atoms with Gasteiger partial charge in [-0.05, 0) is 78.6 Å². The van der Waals surface area contributed by atoms with Crippen LogP contribution < -0.4 is 31.1 Å². The fraction of sp³-hybridized carbons (Fsp3) is 0.250. The van der Waals surface area contributed by atoms with Crippen LogP contribution in [-0.4, -0.2) is 99.7 Å². The van der Waals surface area contributed by atoms with Gasteiger partial charge in [0, 0.05) is 26.2 Å². The summed E-state index contributed by atoms with van der Waals surface area (Å²) in [5, 5.41) is 9.24. The number of rotatable bonds is 16. The van der Waals surface area contributed by atoms with Gasteiger partial charge in [-0.25, -0.2) is 0 Å². The third-order valence-electron chi connectivity index (χ3n) is 10.3. The standard InChI is InChI=1S/C48H58N4Si3/c1-49(2)35-39-23-15-19-31-45(39)53(46-32-20-16-24-40(46)36-50(3)4)55(43-27-11-9-12-28-43,44-29-13-10-14-30-44)54(47-33-21-17-25-41(47)37-51(5)6)48-34-22-18-26-42(48)38-52(7)8/h9-34H,35-38H2,1-8H3. The van der Waals surface area contributed by atoms with Gasteiger partial charge in [-0.3, -0.25) is 0 Å². The monoisotopic (exact) mass is 774 g/mol. The molecule has 0 amide bonds. The lowest BCUT2D eigenvalue weighted by Crippen LogP contribution is -2.88. The first-order chi connectivity index (χ1) is 26.6. The molecule has 0 aliphatic rings. The molecule has 55 heavy (non-hydrogen) atoms. The largest absolute Gasteiger partial charge is 0.305 e. The van der Waals surface area contributed by atoms with Crippen molar-refractivity contribution in [2.24, 2.45) is 0 Å². The van der Waals surface area contributed by atoms with E-state index in [0.717, 1.165) is 26.2 Å². The van der Waals surface area contributed by atoms with E-state index in [2.05, 4.69) is 234 Å². The Bertz CT molecular complexity index is 1860. The van der Waals surface area contributed by atoms with Crippen LogP contribution in [-0.2, 0) is 26.2 Å². The molecular weight excluding hydrogens is 717 g/mol. The first-order valence-corrected chi connectivity index (χ1v) is 26.4. The molecule has 0 N–H and O–H groups in total. The molecule has 2 radical (unpaired) electrons. The van der Waals surface area contributed by atoms with E-state index in [-0.39, 0.29) is 0 Å². The molecule has 0 aliphatic carbocycles. The van der Waals surface area contributed by atoms with Crippen molar-refractivity contribution in [2.45, 2.75) is 26.2 Å². The van der Waals surface area contributed by atoms with E-state index < -0.39 is 23.7 Å². The Morgan fingerprint density at radius 1 is 0.309 bits per heavy atom. The van der Waals surface area contributed by atoms with E-state index in [1.807, 2.05) is 0 Å². The summed E-state index contributed by atoms with van der Waals surface area (Å²) in [6.07, 6.45) is 0. The van der Waals surface area contributed by atoms with Crippen LogP contribution in [0.5, 0.6) is 0 Å². The molecular formula is C48H58N4Si3. The summed E-state index contributed by atoms with van der Waals surface area (Å²) in [5.74, 6) is 0. The molecule has 0 atom stereocenters. The molecule has 6 aromatic rings. The SMILES string of the molecule is CN(C)Cc1ccccc1[Si](c1ccccc1CN(C)C)[Si](c1ccccc1)(c1ccccc1)[Si](c1ccccc1CN(C)C)c1ccccc1CN(C)C. The van der Waals surface area contributed by atoms with Gasteiger partial charge >= 0.3 is 0 Å². The second-order valence-corrected chi connectivity index (χ2v) is 31.1. The maximum atomic E-state index is 2.52. The van der Waals surface area contributed by atoms with Gasteiger partial charge in [0.1, 0.15) is 23.7 Å². The smallest absolute Gasteiger partial charge is 0.122 e. The minimum absolute atomic E-state index is 0.894. The molecule has 0 aliphatic heterocycles. The molecule has 0 spiro atoms. The van der Waals surface area contributed by atoms with E-state index in [4.69, 9.17) is 0 Å². The number of hydrogen-bond donors (Lipinski definition) is 0. The molecule has 282 valence electrons. The molecule has 0 saturated heterocycles. The van der Waals surface area contributed by atoms with Gasteiger partial charge in [0.25, 0.3) is 0 Å². The lowest BCUT2D eigenvalue weighted by atomic mass is 10.2. The van der Waals surface area contributed by atoms with Crippen molar-refractivity contribution in [2.75, 3.05) is 56.4 Å². The minimum atomic E-state index is -2.97. The van der Waals surface area contributed by atoms with E-state index >= 15 is 0 Å². The molecule has 0 heterocycles. The van der Waals surface area contributed by atoms with Crippen LogP contribution in [0.2, 0.25) is 0 Å². The predicted octanol–water partition coefficient (Wildman–Crippen LogP) is 4.27. The van der Waals surface area contributed by atoms with Crippen molar-refractivity contribution in [1.82, 2.24) is 19.6 Å². The Morgan fingerprint density at radius 2 is 0.527 bits per heavy atom. The van der Waals surface area contributed by atoms with Crippen LogP contribution in [0, 0.1) is 0 Å². The van der Waals surface area contributed by atoms with Gasteiger partial charge in [0.05, 0.1) is 0 Å². The van der Waals surface area contributed by atoms with E-state index in [9.17, 15) is 0 Å². The Labute approximate surface area is 335 Å². The fourth-order valence-electron chi connectivity index (χ4n) is 8.31. The molecule has 7 heteroatoms. The van der Waals surface area contributed by atoms with Crippen molar-refractivity contribution in [3.8, 4) is 0 Å². The van der Waals surface area contributed by atoms with Crippen LogP contribution >= 0.6 is 0 Å². The Balaban J connectivity index is 1.92. The molecule has 0 bridgehead atoms. The average molecular weight is 775 g/mol. The third-order valence-corrected chi connectivity index (χ3v) is 34.0. The summed E-state index contributed by atoms with van der Waals surface area (Å²) in [7, 11) is 11.5. The van der Waals surface area contributed by atoms with Crippen molar-refractivity contribution in [1.29, 1.82) is 0 Å².